The van der Waals surface area contributed by atoms with E-state index in [1.165, 1.54) is 29.3 Å². The minimum absolute atomic E-state index is 0.0760. The van der Waals surface area contributed by atoms with Crippen molar-refractivity contribution in [3.05, 3.63) is 69.8 Å². The quantitative estimate of drug-likeness (QED) is 0.351. The first kappa shape index (κ1) is 23.3. The highest BCUT2D eigenvalue weighted by atomic mass is 32.2. The van der Waals surface area contributed by atoms with Crippen LogP contribution in [0, 0.1) is 10.1 Å². The molecule has 0 unspecified atom stereocenters. The number of carbonyl (C=O) groups is 1. The first-order chi connectivity index (χ1) is 14.1. The predicted molar refractivity (Wildman–Crippen MR) is 117 cm³/mol. The van der Waals surface area contributed by atoms with Crippen LogP contribution in [0.3, 0.4) is 0 Å². The zero-order valence-electron chi connectivity index (χ0n) is 17.4. The van der Waals surface area contributed by atoms with E-state index in [2.05, 4.69) is 43.4 Å². The van der Waals surface area contributed by atoms with Gasteiger partial charge in [-0.15, -0.1) is 0 Å². The van der Waals surface area contributed by atoms with Gasteiger partial charge in [-0.2, -0.15) is 0 Å². The molecular weight excluding hydrogens is 406 g/mol. The lowest BCUT2D eigenvalue weighted by Gasteiger charge is -2.21. The molecule has 0 saturated heterocycles. The highest BCUT2D eigenvalue weighted by molar-refractivity contribution is 7.92. The van der Waals surface area contributed by atoms with Gasteiger partial charge in [-0.1, -0.05) is 44.2 Å². The van der Waals surface area contributed by atoms with E-state index in [9.17, 15) is 23.3 Å². The standard InChI is InChI=1S/C21H27N3O5S/c1-16(2)18-11-9-17(10-12-18)6-5-13-22-21(25)15-23(30(3,28)29)19-7-4-8-20(14-19)24(26)27/h4,7-12,14,16H,5-6,13,15H2,1-3H3,(H,22,25). The Morgan fingerprint density at radius 3 is 2.40 bits per heavy atom. The Balaban J connectivity index is 1.92. The zero-order chi connectivity index (χ0) is 22.3. The van der Waals surface area contributed by atoms with E-state index < -0.39 is 27.4 Å². The van der Waals surface area contributed by atoms with E-state index in [4.69, 9.17) is 0 Å². The van der Waals surface area contributed by atoms with Crippen LogP contribution in [0.25, 0.3) is 0 Å². The molecule has 9 heteroatoms. The van der Waals surface area contributed by atoms with Crippen molar-refractivity contribution in [3.8, 4) is 0 Å². The van der Waals surface area contributed by atoms with Gasteiger partial charge in [0.05, 0.1) is 16.9 Å². The lowest BCUT2D eigenvalue weighted by molar-refractivity contribution is -0.384. The number of benzene rings is 2. The third-order valence-corrected chi connectivity index (χ3v) is 5.77. The number of nitrogens with zero attached hydrogens (tertiary/aromatic N) is 2. The number of hydrogen-bond acceptors (Lipinski definition) is 5. The van der Waals surface area contributed by atoms with E-state index in [1.807, 2.05) is 0 Å². The molecule has 0 heterocycles. The van der Waals surface area contributed by atoms with Crippen LogP contribution in [0.2, 0.25) is 0 Å². The Morgan fingerprint density at radius 1 is 1.17 bits per heavy atom. The molecule has 0 radical (unpaired) electrons. The molecule has 162 valence electrons. The maximum atomic E-state index is 12.3. The van der Waals surface area contributed by atoms with Gasteiger partial charge < -0.3 is 5.32 Å². The molecule has 0 aliphatic rings. The van der Waals surface area contributed by atoms with E-state index in [-0.39, 0.29) is 11.4 Å². The third-order valence-electron chi connectivity index (χ3n) is 4.63. The average Bonchev–Trinajstić information content (AvgIpc) is 2.69. The van der Waals surface area contributed by atoms with Gasteiger partial charge in [-0.25, -0.2) is 8.42 Å². The van der Waals surface area contributed by atoms with Gasteiger partial charge in [0.15, 0.2) is 0 Å². The number of nitro benzene ring substituents is 1. The van der Waals surface area contributed by atoms with Crippen molar-refractivity contribution >= 4 is 27.3 Å². The van der Waals surface area contributed by atoms with Crippen molar-refractivity contribution in [1.82, 2.24) is 5.32 Å². The van der Waals surface area contributed by atoms with E-state index in [0.29, 0.717) is 18.9 Å². The lowest BCUT2D eigenvalue weighted by Crippen LogP contribution is -2.40. The largest absolute Gasteiger partial charge is 0.355 e. The van der Waals surface area contributed by atoms with Crippen LogP contribution in [-0.2, 0) is 21.2 Å². The van der Waals surface area contributed by atoms with E-state index >= 15 is 0 Å². The summed E-state index contributed by atoms with van der Waals surface area (Å²) in [7, 11) is -3.79. The predicted octanol–water partition coefficient (Wildman–Crippen LogP) is 3.23. The third kappa shape index (κ3) is 6.84. The Hall–Kier alpha value is -2.94. The number of carbonyl (C=O) groups excluding carboxylic acids is 1. The average molecular weight is 434 g/mol. The van der Waals surface area contributed by atoms with Crippen molar-refractivity contribution in [2.75, 3.05) is 23.7 Å². The summed E-state index contributed by atoms with van der Waals surface area (Å²) in [5.41, 5.74) is 2.27. The Labute approximate surface area is 177 Å². The normalized spacial score (nSPS) is 11.3. The van der Waals surface area contributed by atoms with Crippen LogP contribution < -0.4 is 9.62 Å². The maximum Gasteiger partial charge on any atom is 0.271 e. The highest BCUT2D eigenvalue weighted by Crippen LogP contribution is 2.23. The number of nitro groups is 1. The summed E-state index contributed by atoms with van der Waals surface area (Å²) in [4.78, 5) is 22.6. The molecule has 0 atom stereocenters. The topological polar surface area (TPSA) is 110 Å². The first-order valence-electron chi connectivity index (χ1n) is 9.65. The summed E-state index contributed by atoms with van der Waals surface area (Å²) in [5.74, 6) is 0.00395. The summed E-state index contributed by atoms with van der Waals surface area (Å²) in [6.07, 6.45) is 2.46. The second-order valence-corrected chi connectivity index (χ2v) is 9.30. The molecule has 0 aliphatic carbocycles. The van der Waals surface area contributed by atoms with Gasteiger partial charge in [0.2, 0.25) is 15.9 Å². The van der Waals surface area contributed by atoms with Crippen LogP contribution in [0.4, 0.5) is 11.4 Å². The summed E-state index contributed by atoms with van der Waals surface area (Å²) < 4.78 is 25.1. The van der Waals surface area contributed by atoms with Crippen LogP contribution in [-0.4, -0.2) is 38.6 Å². The van der Waals surface area contributed by atoms with Gasteiger partial charge >= 0.3 is 0 Å². The number of hydrogen-bond donors (Lipinski definition) is 1. The lowest BCUT2D eigenvalue weighted by atomic mass is 10.0. The summed E-state index contributed by atoms with van der Waals surface area (Å²) >= 11 is 0. The molecule has 0 aliphatic heterocycles. The highest BCUT2D eigenvalue weighted by Gasteiger charge is 2.22. The van der Waals surface area contributed by atoms with Crippen LogP contribution >= 0.6 is 0 Å². The van der Waals surface area contributed by atoms with Gasteiger partial charge in [-0.05, 0) is 36.0 Å². The number of amides is 1. The molecule has 2 aromatic carbocycles. The summed E-state index contributed by atoms with van der Waals surface area (Å²) in [6, 6.07) is 13.5. The monoisotopic (exact) mass is 433 g/mol. The minimum atomic E-state index is -3.79. The fourth-order valence-electron chi connectivity index (χ4n) is 2.94. The first-order valence-corrected chi connectivity index (χ1v) is 11.5. The van der Waals surface area contributed by atoms with E-state index in [0.717, 1.165) is 23.0 Å². The fourth-order valence-corrected chi connectivity index (χ4v) is 3.79. The van der Waals surface area contributed by atoms with Crippen molar-refractivity contribution in [2.24, 2.45) is 0 Å². The maximum absolute atomic E-state index is 12.3. The zero-order valence-corrected chi connectivity index (χ0v) is 18.2. The molecule has 1 amide bonds. The Kier molecular flexibility index (Phi) is 7.93. The summed E-state index contributed by atoms with van der Waals surface area (Å²) in [5, 5.41) is 13.7. The summed E-state index contributed by atoms with van der Waals surface area (Å²) in [6.45, 7) is 4.23. The van der Waals surface area contributed by atoms with Gasteiger partial charge in [0.25, 0.3) is 5.69 Å². The number of nitrogens with one attached hydrogen (secondary N) is 1. The molecular formula is C21H27N3O5S. The van der Waals surface area contributed by atoms with Crippen LogP contribution in [0.15, 0.2) is 48.5 Å². The molecule has 0 spiro atoms. The second kappa shape index (κ2) is 10.2. The molecule has 0 fully saturated rings. The molecule has 2 rings (SSSR count). The smallest absolute Gasteiger partial charge is 0.271 e. The fraction of sp³-hybridized carbons (Fsp3) is 0.381. The molecule has 1 N–H and O–H groups in total. The minimum Gasteiger partial charge on any atom is -0.355 e. The van der Waals surface area contributed by atoms with Crippen molar-refractivity contribution in [2.45, 2.75) is 32.6 Å². The van der Waals surface area contributed by atoms with Crippen molar-refractivity contribution < 1.29 is 18.1 Å². The molecule has 0 saturated carbocycles. The second-order valence-electron chi connectivity index (χ2n) is 7.40. The molecule has 8 nitrogen and oxygen atoms in total. The SMILES string of the molecule is CC(C)c1ccc(CCCNC(=O)CN(c2cccc([N+](=O)[O-])c2)S(C)(=O)=O)cc1. The van der Waals surface area contributed by atoms with Crippen molar-refractivity contribution in [3.63, 3.8) is 0 Å². The molecule has 0 bridgehead atoms. The number of anilines is 1. The van der Waals surface area contributed by atoms with Crippen LogP contribution in [0.1, 0.15) is 37.3 Å². The number of aryl methyl sites for hydroxylation is 1. The molecule has 2 aromatic rings. The van der Waals surface area contributed by atoms with E-state index in [1.54, 1.807) is 0 Å². The van der Waals surface area contributed by atoms with Crippen molar-refractivity contribution in [1.29, 1.82) is 0 Å². The van der Waals surface area contributed by atoms with Crippen LogP contribution in [0.5, 0.6) is 0 Å². The van der Waals surface area contributed by atoms with Gasteiger partial charge in [0, 0.05) is 18.7 Å². The number of non-ortho nitro benzene ring substituents is 1. The number of rotatable bonds is 10. The molecule has 0 aromatic heterocycles. The molecule has 30 heavy (non-hydrogen) atoms. The van der Waals surface area contributed by atoms with Gasteiger partial charge in [-0.3, -0.25) is 19.2 Å². The van der Waals surface area contributed by atoms with Gasteiger partial charge in [0.1, 0.15) is 6.54 Å². The number of sulfonamides is 1. The Bertz CT molecular complexity index is 988. The Morgan fingerprint density at radius 2 is 1.83 bits per heavy atom.